The molecular weight excluding hydrogens is 366 g/mol. The number of carbonyl (C=O) groups is 3. The first-order valence-electron chi connectivity index (χ1n) is 7.48. The van der Waals surface area contributed by atoms with Gasteiger partial charge in [0, 0.05) is 5.41 Å². The van der Waals surface area contributed by atoms with E-state index in [1.807, 2.05) is 0 Å². The summed E-state index contributed by atoms with van der Waals surface area (Å²) in [5.41, 5.74) is -1.31. The van der Waals surface area contributed by atoms with E-state index < -0.39 is 45.1 Å². The van der Waals surface area contributed by atoms with E-state index in [-0.39, 0.29) is 11.3 Å². The Morgan fingerprint density at radius 1 is 1.19 bits per heavy atom. The molecule has 1 aromatic rings. The Balaban J connectivity index is 3.56. The highest BCUT2D eigenvalue weighted by atomic mass is 32.2. The third-order valence-corrected chi connectivity index (χ3v) is 4.12. The summed E-state index contributed by atoms with van der Waals surface area (Å²) < 4.78 is 36.6. The number of nitrogens with zero attached hydrogens (tertiary/aromatic N) is 1. The van der Waals surface area contributed by atoms with Crippen molar-refractivity contribution in [3.05, 3.63) is 29.8 Å². The molecule has 0 unspecified atom stereocenters. The minimum absolute atomic E-state index is 0.0835. The molecule has 9 nitrogen and oxygen atoms in total. The number of carboxylic acid groups (broad SMARTS) is 1. The number of carbonyl (C=O) groups excluding carboxylic acids is 2. The zero-order chi connectivity index (χ0) is 20.3. The molecule has 1 rings (SSSR count). The number of carboxylic acids is 1. The van der Waals surface area contributed by atoms with Gasteiger partial charge in [-0.25, -0.2) is 4.79 Å². The van der Waals surface area contributed by atoms with Crippen molar-refractivity contribution in [1.29, 1.82) is 0 Å². The predicted molar refractivity (Wildman–Crippen MR) is 91.5 cm³/mol. The number of rotatable bonds is 6. The molecule has 0 saturated heterocycles. The molecule has 2 amide bonds. The molecule has 0 aromatic heterocycles. The molecule has 1 atom stereocenters. The minimum atomic E-state index is -4.78. The molecule has 0 saturated carbocycles. The lowest BCUT2D eigenvalue weighted by Crippen LogP contribution is -2.55. The molecule has 0 aliphatic heterocycles. The van der Waals surface area contributed by atoms with Crippen LogP contribution in [0.5, 0.6) is 5.75 Å². The Hall–Kier alpha value is -2.46. The molecule has 2 N–H and O–H groups in total. The molecule has 0 radical (unpaired) electrons. The number of aliphatic carboxylic acids is 1. The van der Waals surface area contributed by atoms with Crippen LogP contribution in [-0.4, -0.2) is 59.7 Å². The first-order chi connectivity index (χ1) is 11.8. The number of imide groups is 1. The van der Waals surface area contributed by atoms with Crippen molar-refractivity contribution < 1.29 is 37.2 Å². The fourth-order valence-electron chi connectivity index (χ4n) is 2.14. The van der Waals surface area contributed by atoms with Crippen LogP contribution in [0.15, 0.2) is 24.3 Å². The molecule has 144 valence electrons. The Labute approximate surface area is 151 Å². The van der Waals surface area contributed by atoms with Crippen LogP contribution in [0.4, 0.5) is 0 Å². The highest BCUT2D eigenvalue weighted by molar-refractivity contribution is 7.85. The van der Waals surface area contributed by atoms with Gasteiger partial charge in [0.05, 0.1) is 12.7 Å². The Morgan fingerprint density at radius 2 is 1.73 bits per heavy atom. The summed E-state index contributed by atoms with van der Waals surface area (Å²) in [7, 11) is -3.50. The van der Waals surface area contributed by atoms with Gasteiger partial charge < -0.3 is 9.84 Å². The highest BCUT2D eigenvalue weighted by Crippen LogP contribution is 2.25. The fraction of sp³-hybridized carbons (Fsp3) is 0.438. The van der Waals surface area contributed by atoms with E-state index in [0.29, 0.717) is 4.90 Å². The predicted octanol–water partition coefficient (Wildman–Crippen LogP) is 1.05. The summed E-state index contributed by atoms with van der Waals surface area (Å²) >= 11 is 0. The topological polar surface area (TPSA) is 138 Å². The summed E-state index contributed by atoms with van der Waals surface area (Å²) in [6.07, 6.45) is 0. The van der Waals surface area contributed by atoms with Crippen LogP contribution in [0.2, 0.25) is 0 Å². The second-order valence-electron chi connectivity index (χ2n) is 6.53. The van der Waals surface area contributed by atoms with Crippen molar-refractivity contribution >= 4 is 27.9 Å². The summed E-state index contributed by atoms with van der Waals surface area (Å²) in [5.74, 6) is -4.95. The van der Waals surface area contributed by atoms with Crippen molar-refractivity contribution in [1.82, 2.24) is 4.90 Å². The number of ether oxygens (including phenoxy) is 1. The van der Waals surface area contributed by atoms with Gasteiger partial charge in [-0.15, -0.1) is 0 Å². The van der Waals surface area contributed by atoms with Gasteiger partial charge in [-0.05, 0) is 12.1 Å². The summed E-state index contributed by atoms with van der Waals surface area (Å²) in [4.78, 5) is 37.6. The van der Waals surface area contributed by atoms with Gasteiger partial charge in [0.15, 0.2) is 6.04 Å². The number of methoxy groups -OCH3 is 1. The zero-order valence-electron chi connectivity index (χ0n) is 14.8. The first kappa shape index (κ1) is 21.6. The van der Waals surface area contributed by atoms with Crippen LogP contribution in [-0.2, 0) is 19.7 Å². The van der Waals surface area contributed by atoms with Crippen molar-refractivity contribution in [2.24, 2.45) is 5.41 Å². The lowest BCUT2D eigenvalue weighted by molar-refractivity contribution is -0.150. The van der Waals surface area contributed by atoms with Crippen molar-refractivity contribution in [2.75, 3.05) is 12.9 Å². The van der Waals surface area contributed by atoms with Gasteiger partial charge >= 0.3 is 5.97 Å². The lowest BCUT2D eigenvalue weighted by Gasteiger charge is -2.32. The average Bonchev–Trinajstić information content (AvgIpc) is 2.51. The van der Waals surface area contributed by atoms with Crippen LogP contribution in [0.1, 0.15) is 31.1 Å². The summed E-state index contributed by atoms with van der Waals surface area (Å²) in [5, 5.41) is 9.39. The molecule has 0 bridgehead atoms. The average molecular weight is 387 g/mol. The summed E-state index contributed by atoms with van der Waals surface area (Å²) in [6, 6.07) is 3.70. The Morgan fingerprint density at radius 3 is 2.15 bits per heavy atom. The smallest absolute Gasteiger partial charge is 0.328 e. The Kier molecular flexibility index (Phi) is 6.50. The van der Waals surface area contributed by atoms with Gasteiger partial charge in [-0.2, -0.15) is 8.42 Å². The molecule has 26 heavy (non-hydrogen) atoms. The quantitative estimate of drug-likeness (QED) is 0.691. The Bertz CT molecular complexity index is 810. The minimum Gasteiger partial charge on any atom is -0.496 e. The van der Waals surface area contributed by atoms with Gasteiger partial charge in [0.2, 0.25) is 5.91 Å². The first-order valence-corrected chi connectivity index (χ1v) is 9.09. The third kappa shape index (κ3) is 5.27. The van der Waals surface area contributed by atoms with Crippen molar-refractivity contribution in [3.63, 3.8) is 0 Å². The maximum Gasteiger partial charge on any atom is 0.328 e. The zero-order valence-corrected chi connectivity index (χ0v) is 15.6. The summed E-state index contributed by atoms with van der Waals surface area (Å²) in [6.45, 7) is 4.35. The van der Waals surface area contributed by atoms with E-state index in [1.165, 1.54) is 46.1 Å². The fourth-order valence-corrected chi connectivity index (χ4v) is 2.83. The standard InChI is InChI=1S/C16H21NO8S/c1-16(2,3)15(21)17(11(14(19)20)9-26(22,23)24)13(18)10-7-5-6-8-12(10)25-4/h5-8,11H,9H2,1-4H3,(H,19,20)(H,22,23,24)/t11-/m0/s1. The maximum absolute atomic E-state index is 12.9. The molecule has 1 aromatic carbocycles. The lowest BCUT2D eigenvalue weighted by atomic mass is 9.93. The number of hydrogen-bond acceptors (Lipinski definition) is 6. The third-order valence-electron chi connectivity index (χ3n) is 3.38. The van der Waals surface area contributed by atoms with E-state index in [0.717, 1.165) is 0 Å². The van der Waals surface area contributed by atoms with Crippen LogP contribution in [0, 0.1) is 5.41 Å². The molecule has 0 heterocycles. The second kappa shape index (κ2) is 7.83. The van der Waals surface area contributed by atoms with E-state index in [9.17, 15) is 27.9 Å². The molecule has 0 fully saturated rings. The van der Waals surface area contributed by atoms with Gasteiger partial charge in [-0.1, -0.05) is 32.9 Å². The monoisotopic (exact) mass is 387 g/mol. The van der Waals surface area contributed by atoms with E-state index >= 15 is 0 Å². The van der Waals surface area contributed by atoms with Gasteiger partial charge in [0.1, 0.15) is 11.5 Å². The molecule has 10 heteroatoms. The van der Waals surface area contributed by atoms with Gasteiger partial charge in [0.25, 0.3) is 16.0 Å². The second-order valence-corrected chi connectivity index (χ2v) is 8.03. The molecule has 0 aliphatic carbocycles. The SMILES string of the molecule is COc1ccccc1C(=O)N(C(=O)C(C)(C)C)[C@@H](CS(=O)(=O)O)C(=O)O. The van der Waals surface area contributed by atoms with Crippen molar-refractivity contribution in [3.8, 4) is 5.75 Å². The van der Waals surface area contributed by atoms with Crippen molar-refractivity contribution in [2.45, 2.75) is 26.8 Å². The van der Waals surface area contributed by atoms with Gasteiger partial charge in [-0.3, -0.25) is 19.0 Å². The molecular formula is C16H21NO8S. The maximum atomic E-state index is 12.9. The van der Waals surface area contributed by atoms with Crippen LogP contribution >= 0.6 is 0 Å². The number of benzene rings is 1. The number of amides is 2. The number of hydrogen-bond donors (Lipinski definition) is 2. The van der Waals surface area contributed by atoms with Crippen LogP contribution < -0.4 is 4.74 Å². The largest absolute Gasteiger partial charge is 0.496 e. The van der Waals surface area contributed by atoms with Crippen LogP contribution in [0.3, 0.4) is 0 Å². The molecule has 0 aliphatic rings. The number of para-hydroxylation sites is 1. The van der Waals surface area contributed by atoms with E-state index in [4.69, 9.17) is 9.29 Å². The van der Waals surface area contributed by atoms with E-state index in [1.54, 1.807) is 6.07 Å². The van der Waals surface area contributed by atoms with E-state index in [2.05, 4.69) is 0 Å². The highest BCUT2D eigenvalue weighted by Gasteiger charge is 2.42. The molecule has 0 spiro atoms. The van der Waals surface area contributed by atoms with Crippen LogP contribution in [0.25, 0.3) is 0 Å². The normalized spacial score (nSPS) is 13.0.